The molecule has 6 nitrogen and oxygen atoms in total. The Morgan fingerprint density at radius 1 is 0.591 bits per heavy atom. The molecular weight excluding hydrogens is 558 g/mol. The summed E-state index contributed by atoms with van der Waals surface area (Å²) in [6.45, 7) is 0. The molecule has 2 aromatic heterocycles. The lowest BCUT2D eigenvalue weighted by Crippen LogP contribution is -2.14. The number of aromatic nitrogens is 2. The average molecular weight is 587 g/mol. The maximum atomic E-state index is 15.2. The van der Waals surface area contributed by atoms with Crippen molar-refractivity contribution in [3.63, 3.8) is 0 Å². The summed E-state index contributed by atoms with van der Waals surface area (Å²) in [5, 5.41) is 0. The number of benzene rings is 4. The molecule has 0 atom stereocenters. The number of halogens is 2. The van der Waals surface area contributed by atoms with Crippen LogP contribution in [0.5, 0.6) is 17.2 Å². The summed E-state index contributed by atoms with van der Waals surface area (Å²) in [6.07, 6.45) is 3.22. The van der Waals surface area contributed by atoms with Crippen molar-refractivity contribution in [3.8, 4) is 28.5 Å². The van der Waals surface area contributed by atoms with Gasteiger partial charge in [0.1, 0.15) is 23.1 Å². The summed E-state index contributed by atoms with van der Waals surface area (Å²) < 4.78 is 41.7. The number of nitrogens with zero attached hydrogens (tertiary/aromatic N) is 4. The van der Waals surface area contributed by atoms with Crippen LogP contribution in [0.25, 0.3) is 11.3 Å². The molecular formula is C36H28F2N4O2. The van der Waals surface area contributed by atoms with E-state index in [-0.39, 0.29) is 17.0 Å². The van der Waals surface area contributed by atoms with Crippen LogP contribution < -0.4 is 19.3 Å². The Labute approximate surface area is 254 Å². The minimum Gasteiger partial charge on any atom is -0.497 e. The number of methoxy groups -OCH3 is 1. The summed E-state index contributed by atoms with van der Waals surface area (Å²) >= 11 is 0. The zero-order chi connectivity index (χ0) is 30.5. The molecule has 0 aliphatic rings. The molecule has 0 radical (unpaired) electrons. The van der Waals surface area contributed by atoms with Crippen LogP contribution in [-0.2, 0) is 0 Å². The van der Waals surface area contributed by atoms with E-state index in [1.165, 1.54) is 19.4 Å². The Bertz CT molecular complexity index is 1830. The molecule has 0 saturated carbocycles. The van der Waals surface area contributed by atoms with Crippen molar-refractivity contribution in [3.05, 3.63) is 145 Å². The number of pyridine rings is 2. The lowest BCUT2D eigenvalue weighted by atomic mass is 10.1. The summed E-state index contributed by atoms with van der Waals surface area (Å²) in [5.41, 5.74) is 3.70. The molecule has 0 saturated heterocycles. The Kier molecular flexibility index (Phi) is 8.14. The minimum absolute atomic E-state index is 0.0810. The fraction of sp³-hybridized carbons (Fsp3) is 0.0556. The van der Waals surface area contributed by atoms with E-state index in [9.17, 15) is 4.39 Å². The van der Waals surface area contributed by atoms with Gasteiger partial charge in [0.15, 0.2) is 11.6 Å². The predicted octanol–water partition coefficient (Wildman–Crippen LogP) is 9.46. The van der Waals surface area contributed by atoms with E-state index in [1.54, 1.807) is 24.4 Å². The molecule has 2 heterocycles. The van der Waals surface area contributed by atoms with Crippen LogP contribution >= 0.6 is 0 Å². The normalized spacial score (nSPS) is 10.7. The second-order valence-corrected chi connectivity index (χ2v) is 9.88. The van der Waals surface area contributed by atoms with Gasteiger partial charge in [0.05, 0.1) is 18.5 Å². The van der Waals surface area contributed by atoms with Crippen molar-refractivity contribution >= 4 is 28.6 Å². The Balaban J connectivity index is 1.49. The van der Waals surface area contributed by atoms with Crippen LogP contribution in [-0.4, -0.2) is 24.1 Å². The molecule has 0 fully saturated rings. The van der Waals surface area contributed by atoms with Crippen LogP contribution in [0.3, 0.4) is 0 Å². The fourth-order valence-electron chi connectivity index (χ4n) is 4.85. The molecule has 6 rings (SSSR count). The van der Waals surface area contributed by atoms with Crippen LogP contribution in [0.2, 0.25) is 0 Å². The number of hydrogen-bond acceptors (Lipinski definition) is 6. The van der Waals surface area contributed by atoms with Crippen LogP contribution in [0.15, 0.2) is 134 Å². The molecule has 4 aromatic carbocycles. The van der Waals surface area contributed by atoms with E-state index in [0.717, 1.165) is 28.8 Å². The topological polar surface area (TPSA) is 50.7 Å². The highest BCUT2D eigenvalue weighted by Crippen LogP contribution is 2.41. The summed E-state index contributed by atoms with van der Waals surface area (Å²) in [4.78, 5) is 12.7. The van der Waals surface area contributed by atoms with E-state index in [0.29, 0.717) is 17.3 Å². The molecule has 0 spiro atoms. The molecule has 0 bridgehead atoms. The van der Waals surface area contributed by atoms with Gasteiger partial charge in [-0.2, -0.15) is 0 Å². The zero-order valence-corrected chi connectivity index (χ0v) is 24.1. The molecule has 0 amide bonds. The molecule has 218 valence electrons. The van der Waals surface area contributed by atoms with Crippen molar-refractivity contribution in [1.29, 1.82) is 0 Å². The number of ether oxygens (including phenoxy) is 2. The minimum atomic E-state index is -0.845. The number of rotatable bonds is 9. The zero-order valence-electron chi connectivity index (χ0n) is 24.1. The third-order valence-corrected chi connectivity index (χ3v) is 7.04. The second kappa shape index (κ2) is 12.6. The van der Waals surface area contributed by atoms with E-state index in [1.807, 2.05) is 103 Å². The van der Waals surface area contributed by atoms with Crippen LogP contribution in [0.4, 0.5) is 37.3 Å². The number of anilines is 5. The molecule has 44 heavy (non-hydrogen) atoms. The highest BCUT2D eigenvalue weighted by Gasteiger charge is 2.19. The van der Waals surface area contributed by atoms with Gasteiger partial charge in [-0.3, -0.25) is 4.98 Å². The van der Waals surface area contributed by atoms with Crippen molar-refractivity contribution in [1.82, 2.24) is 9.97 Å². The lowest BCUT2D eigenvalue weighted by Gasteiger charge is -2.28. The monoisotopic (exact) mass is 586 g/mol. The molecule has 6 aromatic rings. The van der Waals surface area contributed by atoms with Crippen molar-refractivity contribution in [2.75, 3.05) is 24.0 Å². The molecule has 8 heteroatoms. The van der Waals surface area contributed by atoms with E-state index < -0.39 is 11.6 Å². The van der Waals surface area contributed by atoms with E-state index >= 15 is 4.39 Å². The third-order valence-electron chi connectivity index (χ3n) is 7.04. The lowest BCUT2D eigenvalue weighted by molar-refractivity contribution is 0.414. The Morgan fingerprint density at radius 3 is 1.93 bits per heavy atom. The molecule has 0 aliphatic carbocycles. The van der Waals surface area contributed by atoms with Gasteiger partial charge in [-0.25, -0.2) is 13.8 Å². The first kappa shape index (κ1) is 28.4. The first-order chi connectivity index (χ1) is 21.5. The first-order valence-electron chi connectivity index (χ1n) is 13.9. The second-order valence-electron chi connectivity index (χ2n) is 9.88. The molecule has 0 aliphatic heterocycles. The van der Waals surface area contributed by atoms with E-state index in [4.69, 9.17) is 9.47 Å². The highest BCUT2D eigenvalue weighted by molar-refractivity contribution is 5.80. The smallest absolute Gasteiger partial charge is 0.168 e. The van der Waals surface area contributed by atoms with Gasteiger partial charge in [-0.1, -0.05) is 42.5 Å². The first-order valence-corrected chi connectivity index (χ1v) is 13.9. The molecule has 0 unspecified atom stereocenters. The van der Waals surface area contributed by atoms with Gasteiger partial charge in [-0.15, -0.1) is 0 Å². The predicted molar refractivity (Wildman–Crippen MR) is 170 cm³/mol. The quantitative estimate of drug-likeness (QED) is 0.168. The Hall–Kier alpha value is -5.76. The Morgan fingerprint density at radius 2 is 1.27 bits per heavy atom. The van der Waals surface area contributed by atoms with Crippen LogP contribution in [0, 0.1) is 11.6 Å². The highest BCUT2D eigenvalue weighted by atomic mass is 19.1. The van der Waals surface area contributed by atoms with Gasteiger partial charge in [-0.05, 0) is 54.6 Å². The standard InChI is InChI=1S/C36H28F2N4O2/c1-41(36-15-9-10-17-40-36)27-19-28(42(25-11-5-3-6-12-25)26-13-7-4-8-14-26)21-30(20-27)44-35-23-31(32(37)24-33(35)38)34-22-29(43-2)16-18-39-34/h3-24H,1-2H3. The van der Waals surface area contributed by atoms with Crippen molar-refractivity contribution < 1.29 is 18.3 Å². The van der Waals surface area contributed by atoms with E-state index in [2.05, 4.69) is 14.9 Å². The van der Waals surface area contributed by atoms with Crippen molar-refractivity contribution in [2.24, 2.45) is 0 Å². The SMILES string of the molecule is COc1ccnc(-c2cc(Oc3cc(N(C)c4ccccn4)cc(N(c4ccccc4)c4ccccc4)c3)c(F)cc2F)c1. The molecule has 0 N–H and O–H groups in total. The largest absolute Gasteiger partial charge is 0.497 e. The van der Waals surface area contributed by atoms with Gasteiger partial charge in [0.2, 0.25) is 0 Å². The summed E-state index contributed by atoms with van der Waals surface area (Å²) in [7, 11) is 3.40. The fourth-order valence-corrected chi connectivity index (χ4v) is 4.85. The number of hydrogen-bond donors (Lipinski definition) is 0. The average Bonchev–Trinajstić information content (AvgIpc) is 3.07. The summed E-state index contributed by atoms with van der Waals surface area (Å²) in [6, 6.07) is 36.4. The maximum Gasteiger partial charge on any atom is 0.168 e. The van der Waals surface area contributed by atoms with Gasteiger partial charge in [0.25, 0.3) is 0 Å². The summed E-state index contributed by atoms with van der Waals surface area (Å²) in [5.74, 6) is -0.215. The van der Waals surface area contributed by atoms with Gasteiger partial charge in [0, 0.05) is 66.3 Å². The maximum absolute atomic E-state index is 15.2. The van der Waals surface area contributed by atoms with Gasteiger partial charge >= 0.3 is 0 Å². The van der Waals surface area contributed by atoms with Crippen molar-refractivity contribution in [2.45, 2.75) is 0 Å². The van der Waals surface area contributed by atoms with Crippen LogP contribution in [0.1, 0.15) is 0 Å². The third kappa shape index (κ3) is 6.05. The number of para-hydroxylation sites is 2. The van der Waals surface area contributed by atoms with Gasteiger partial charge < -0.3 is 19.3 Å².